The summed E-state index contributed by atoms with van der Waals surface area (Å²) >= 11 is 6.08. The Bertz CT molecular complexity index is 484. The van der Waals surface area contributed by atoms with Gasteiger partial charge in [0.05, 0.1) is 6.54 Å². The van der Waals surface area contributed by atoms with E-state index >= 15 is 0 Å². The quantitative estimate of drug-likeness (QED) is 0.848. The Kier molecular flexibility index (Phi) is 5.62. The molecule has 1 aromatic carbocycles. The van der Waals surface area contributed by atoms with Crippen molar-refractivity contribution in [2.75, 3.05) is 19.8 Å². The van der Waals surface area contributed by atoms with Crippen LogP contribution >= 0.6 is 11.6 Å². The molecule has 2 atom stereocenters. The molecule has 5 heteroatoms. The van der Waals surface area contributed by atoms with Gasteiger partial charge in [-0.25, -0.2) is 0 Å². The number of carbonyl (C=O) groups is 1. The highest BCUT2D eigenvalue weighted by Crippen LogP contribution is 2.27. The molecule has 0 saturated carbocycles. The van der Waals surface area contributed by atoms with Crippen LogP contribution in [-0.4, -0.2) is 30.8 Å². The van der Waals surface area contributed by atoms with E-state index in [2.05, 4.69) is 5.32 Å². The highest BCUT2D eigenvalue weighted by Gasteiger charge is 2.26. The molecule has 0 radical (unpaired) electrons. The number of aliphatic hydroxyl groups is 1. The van der Waals surface area contributed by atoms with Crippen LogP contribution in [0.3, 0.4) is 0 Å². The van der Waals surface area contributed by atoms with Gasteiger partial charge in [0.1, 0.15) is 5.60 Å². The summed E-state index contributed by atoms with van der Waals surface area (Å²) in [4.78, 5) is 11.9. The smallest absolute Gasteiger partial charge is 0.220 e. The van der Waals surface area contributed by atoms with E-state index in [1.54, 1.807) is 19.1 Å². The van der Waals surface area contributed by atoms with E-state index < -0.39 is 5.60 Å². The molecule has 1 fully saturated rings. The lowest BCUT2D eigenvalue weighted by Crippen LogP contribution is -2.38. The second-order valence-corrected chi connectivity index (χ2v) is 6.21. The molecule has 1 amide bonds. The lowest BCUT2D eigenvalue weighted by atomic mass is 9.95. The fourth-order valence-corrected chi connectivity index (χ4v) is 2.84. The van der Waals surface area contributed by atoms with Crippen LogP contribution < -0.4 is 5.32 Å². The highest BCUT2D eigenvalue weighted by atomic mass is 35.5. The van der Waals surface area contributed by atoms with Crippen molar-refractivity contribution >= 4 is 17.5 Å². The van der Waals surface area contributed by atoms with Crippen LogP contribution in [-0.2, 0) is 15.1 Å². The maximum absolute atomic E-state index is 11.9. The van der Waals surface area contributed by atoms with Gasteiger partial charge in [-0.2, -0.15) is 0 Å². The van der Waals surface area contributed by atoms with Gasteiger partial charge < -0.3 is 15.2 Å². The lowest BCUT2D eigenvalue weighted by Gasteiger charge is -2.25. The summed E-state index contributed by atoms with van der Waals surface area (Å²) in [6.07, 6.45) is 2.33. The fraction of sp³-hybridized carbons (Fsp3) is 0.562. The van der Waals surface area contributed by atoms with Crippen LogP contribution in [0.5, 0.6) is 0 Å². The first-order chi connectivity index (χ1) is 9.99. The maximum Gasteiger partial charge on any atom is 0.220 e. The largest absolute Gasteiger partial charge is 0.384 e. The summed E-state index contributed by atoms with van der Waals surface area (Å²) in [5.41, 5.74) is -0.555. The third kappa shape index (κ3) is 4.70. The van der Waals surface area contributed by atoms with Gasteiger partial charge in [0, 0.05) is 30.2 Å². The molecule has 1 aliphatic rings. The maximum atomic E-state index is 11.9. The van der Waals surface area contributed by atoms with Crippen molar-refractivity contribution in [3.05, 3.63) is 34.9 Å². The van der Waals surface area contributed by atoms with Crippen LogP contribution in [0.25, 0.3) is 0 Å². The third-order valence-electron chi connectivity index (χ3n) is 3.89. The normalized spacial score (nSPS) is 21.0. The van der Waals surface area contributed by atoms with Crippen molar-refractivity contribution in [2.45, 2.75) is 31.8 Å². The fourth-order valence-electron chi connectivity index (χ4n) is 2.50. The van der Waals surface area contributed by atoms with E-state index in [1.807, 2.05) is 12.1 Å². The molecule has 0 unspecified atom stereocenters. The van der Waals surface area contributed by atoms with E-state index in [4.69, 9.17) is 16.3 Å². The summed E-state index contributed by atoms with van der Waals surface area (Å²) < 4.78 is 5.29. The average Bonchev–Trinajstić information content (AvgIpc) is 2.96. The van der Waals surface area contributed by atoms with E-state index in [1.165, 1.54) is 0 Å². The van der Waals surface area contributed by atoms with Crippen molar-refractivity contribution in [3.63, 3.8) is 0 Å². The number of ether oxygens (including phenoxy) is 1. The SMILES string of the molecule is C[C@](O)(CNC(=O)CC[C@@H]1CCOC1)c1ccccc1Cl. The molecule has 0 spiro atoms. The number of hydrogen-bond donors (Lipinski definition) is 2. The number of benzene rings is 1. The molecular formula is C16H22ClNO3. The molecule has 2 N–H and O–H groups in total. The average molecular weight is 312 g/mol. The van der Waals surface area contributed by atoms with Crippen molar-refractivity contribution in [1.29, 1.82) is 0 Å². The number of rotatable bonds is 6. The second-order valence-electron chi connectivity index (χ2n) is 5.80. The van der Waals surface area contributed by atoms with Crippen LogP contribution in [0.15, 0.2) is 24.3 Å². The zero-order chi connectivity index (χ0) is 15.3. The Hall–Kier alpha value is -1.10. The van der Waals surface area contributed by atoms with Crippen molar-refractivity contribution < 1.29 is 14.6 Å². The number of carbonyl (C=O) groups excluding carboxylic acids is 1. The Morgan fingerprint density at radius 3 is 2.95 bits per heavy atom. The topological polar surface area (TPSA) is 58.6 Å². The highest BCUT2D eigenvalue weighted by molar-refractivity contribution is 6.31. The summed E-state index contributed by atoms with van der Waals surface area (Å²) in [6, 6.07) is 7.12. The van der Waals surface area contributed by atoms with Crippen LogP contribution in [0.4, 0.5) is 0 Å². The van der Waals surface area contributed by atoms with Crippen molar-refractivity contribution in [3.8, 4) is 0 Å². The number of halogens is 1. The first-order valence-electron chi connectivity index (χ1n) is 7.31. The Morgan fingerprint density at radius 1 is 1.52 bits per heavy atom. The molecular weight excluding hydrogens is 290 g/mol. The molecule has 116 valence electrons. The van der Waals surface area contributed by atoms with E-state index in [9.17, 15) is 9.90 Å². The Labute approximate surface area is 130 Å². The third-order valence-corrected chi connectivity index (χ3v) is 4.22. The van der Waals surface area contributed by atoms with Gasteiger partial charge in [-0.15, -0.1) is 0 Å². The van der Waals surface area contributed by atoms with Gasteiger partial charge in [0.15, 0.2) is 0 Å². The first kappa shape index (κ1) is 16.3. The zero-order valence-corrected chi connectivity index (χ0v) is 13.0. The van der Waals surface area contributed by atoms with Crippen molar-refractivity contribution in [2.24, 2.45) is 5.92 Å². The van der Waals surface area contributed by atoms with Gasteiger partial charge in [0.2, 0.25) is 5.91 Å². The predicted octanol–water partition coefficient (Wildman–Crippen LogP) is 2.48. The molecule has 1 saturated heterocycles. The summed E-state index contributed by atoms with van der Waals surface area (Å²) in [5, 5.41) is 13.8. The Morgan fingerprint density at radius 2 is 2.29 bits per heavy atom. The van der Waals surface area contributed by atoms with Gasteiger partial charge in [-0.3, -0.25) is 4.79 Å². The standard InChI is InChI=1S/C16H22ClNO3/c1-16(20,13-4-2-3-5-14(13)17)11-18-15(19)7-6-12-8-9-21-10-12/h2-5,12,20H,6-11H2,1H3,(H,18,19)/t12-,16+/m1/s1. The summed E-state index contributed by atoms with van der Waals surface area (Å²) in [5.74, 6) is 0.439. The molecule has 0 aliphatic carbocycles. The van der Waals surface area contributed by atoms with E-state index in [0.717, 1.165) is 26.1 Å². The zero-order valence-electron chi connectivity index (χ0n) is 12.3. The first-order valence-corrected chi connectivity index (χ1v) is 7.68. The Balaban J connectivity index is 1.80. The van der Waals surface area contributed by atoms with Crippen LogP contribution in [0, 0.1) is 5.92 Å². The van der Waals surface area contributed by atoms with Crippen molar-refractivity contribution in [1.82, 2.24) is 5.32 Å². The summed E-state index contributed by atoms with van der Waals surface area (Å²) in [6.45, 7) is 3.36. The molecule has 1 aromatic rings. The molecule has 4 nitrogen and oxygen atoms in total. The molecule has 1 aliphatic heterocycles. The second kappa shape index (κ2) is 7.25. The molecule has 0 aromatic heterocycles. The summed E-state index contributed by atoms with van der Waals surface area (Å²) in [7, 11) is 0. The van der Waals surface area contributed by atoms with Crippen LogP contribution in [0.1, 0.15) is 31.7 Å². The van der Waals surface area contributed by atoms with Gasteiger partial charge in [-0.05, 0) is 31.7 Å². The van der Waals surface area contributed by atoms with Crippen LogP contribution in [0.2, 0.25) is 5.02 Å². The molecule has 1 heterocycles. The van der Waals surface area contributed by atoms with Gasteiger partial charge in [-0.1, -0.05) is 29.8 Å². The lowest BCUT2D eigenvalue weighted by molar-refractivity contribution is -0.122. The monoisotopic (exact) mass is 311 g/mol. The molecule has 2 rings (SSSR count). The minimum absolute atomic E-state index is 0.0470. The molecule has 21 heavy (non-hydrogen) atoms. The van der Waals surface area contributed by atoms with E-state index in [0.29, 0.717) is 22.9 Å². The predicted molar refractivity (Wildman–Crippen MR) is 82.2 cm³/mol. The molecule has 0 bridgehead atoms. The minimum Gasteiger partial charge on any atom is -0.384 e. The number of hydrogen-bond acceptors (Lipinski definition) is 3. The minimum atomic E-state index is -1.18. The number of amides is 1. The van der Waals surface area contributed by atoms with Gasteiger partial charge in [0.25, 0.3) is 0 Å². The number of nitrogens with one attached hydrogen (secondary N) is 1. The van der Waals surface area contributed by atoms with Gasteiger partial charge >= 0.3 is 0 Å². The van der Waals surface area contributed by atoms with E-state index in [-0.39, 0.29) is 12.5 Å².